The van der Waals surface area contributed by atoms with Crippen molar-refractivity contribution >= 4 is 5.78 Å². The monoisotopic (exact) mass is 215 g/mol. The van der Waals surface area contributed by atoms with Crippen LogP contribution in [0, 0.1) is 0 Å². The molecule has 0 saturated heterocycles. The number of Topliss-reactive ketones (excluding diaryl/α,β-unsaturated/α-hetero) is 1. The zero-order valence-corrected chi connectivity index (χ0v) is 8.91. The van der Waals surface area contributed by atoms with Gasteiger partial charge in [-0.15, -0.1) is 0 Å². The van der Waals surface area contributed by atoms with E-state index >= 15 is 0 Å². The number of ketones is 1. The fourth-order valence-corrected chi connectivity index (χ4v) is 2.23. The van der Waals surface area contributed by atoms with Crippen LogP contribution in [0.5, 0.6) is 0 Å². The van der Waals surface area contributed by atoms with Crippen LogP contribution in [-0.4, -0.2) is 11.8 Å². The van der Waals surface area contributed by atoms with E-state index in [1.54, 1.807) is 0 Å². The summed E-state index contributed by atoms with van der Waals surface area (Å²) in [7, 11) is 0. The Labute approximate surface area is 93.9 Å². The Morgan fingerprint density at radius 2 is 2.00 bits per heavy atom. The number of hydrogen-bond donors (Lipinski definition) is 0. The first-order chi connectivity index (χ1) is 7.83. The molecule has 1 aliphatic carbocycles. The van der Waals surface area contributed by atoms with Crippen LogP contribution >= 0.6 is 0 Å². The average Bonchev–Trinajstić information content (AvgIpc) is 2.33. The highest BCUT2D eigenvalue weighted by Crippen LogP contribution is 2.31. The minimum absolute atomic E-state index is 0.0650. The predicted octanol–water partition coefficient (Wildman–Crippen LogP) is 3.20. The van der Waals surface area contributed by atoms with Gasteiger partial charge in [-0.3, -0.25) is 4.79 Å². The lowest BCUT2D eigenvalue weighted by molar-refractivity contribution is -0.123. The van der Waals surface area contributed by atoms with Crippen LogP contribution in [0.15, 0.2) is 35.4 Å². The minimum Gasteiger partial charge on any atom is -0.299 e. The van der Waals surface area contributed by atoms with E-state index in [-0.39, 0.29) is 11.7 Å². The molecule has 16 heavy (non-hydrogen) atoms. The Kier molecular flexibility index (Phi) is 3.22. The molecular formula is C12H13N3O. The molecule has 2 rings (SSSR count). The second-order valence-electron chi connectivity index (χ2n) is 4.02. The largest absolute Gasteiger partial charge is 0.299 e. The van der Waals surface area contributed by atoms with Gasteiger partial charge in [-0.25, -0.2) is 0 Å². The molecule has 1 aliphatic rings. The standard InChI is InChI=1S/C12H13N3O/c13-15-14-11-8-4-7-10(12(11)16)9-5-2-1-3-6-9/h1-3,5-6,10-11H,4,7-8H2/t10-,11-/m1/s1. The molecule has 82 valence electrons. The molecule has 4 nitrogen and oxygen atoms in total. The first-order valence-corrected chi connectivity index (χ1v) is 5.46. The van der Waals surface area contributed by atoms with Crippen molar-refractivity contribution in [3.05, 3.63) is 46.3 Å². The maximum atomic E-state index is 12.1. The highest BCUT2D eigenvalue weighted by Gasteiger charge is 2.31. The molecule has 0 spiro atoms. The molecule has 0 radical (unpaired) electrons. The van der Waals surface area contributed by atoms with E-state index in [2.05, 4.69) is 10.0 Å². The van der Waals surface area contributed by atoms with Gasteiger partial charge in [-0.1, -0.05) is 41.9 Å². The molecule has 1 fully saturated rings. The third-order valence-corrected chi connectivity index (χ3v) is 3.04. The van der Waals surface area contributed by atoms with E-state index in [9.17, 15) is 4.79 Å². The first-order valence-electron chi connectivity index (χ1n) is 5.46. The summed E-state index contributed by atoms with van der Waals surface area (Å²) in [6.07, 6.45) is 2.49. The van der Waals surface area contributed by atoms with Gasteiger partial charge in [0.1, 0.15) is 5.78 Å². The minimum atomic E-state index is -0.469. The number of rotatable bonds is 2. The van der Waals surface area contributed by atoms with Gasteiger partial charge in [-0.2, -0.15) is 0 Å². The molecular weight excluding hydrogens is 202 g/mol. The van der Waals surface area contributed by atoms with E-state index in [0.717, 1.165) is 18.4 Å². The van der Waals surface area contributed by atoms with Crippen molar-refractivity contribution in [2.75, 3.05) is 0 Å². The molecule has 0 aliphatic heterocycles. The number of nitrogens with zero attached hydrogens (tertiary/aromatic N) is 3. The van der Waals surface area contributed by atoms with Gasteiger partial charge in [0, 0.05) is 10.8 Å². The molecule has 0 bridgehead atoms. The summed E-state index contributed by atoms with van der Waals surface area (Å²) < 4.78 is 0. The van der Waals surface area contributed by atoms with Gasteiger partial charge in [0.05, 0.1) is 6.04 Å². The van der Waals surface area contributed by atoms with Crippen molar-refractivity contribution < 1.29 is 4.79 Å². The van der Waals surface area contributed by atoms with Crippen LogP contribution in [0.2, 0.25) is 0 Å². The lowest BCUT2D eigenvalue weighted by Gasteiger charge is -2.25. The van der Waals surface area contributed by atoms with Gasteiger partial charge in [0.2, 0.25) is 0 Å². The Hall–Kier alpha value is -1.80. The lowest BCUT2D eigenvalue weighted by atomic mass is 9.80. The number of benzene rings is 1. The first kappa shape index (κ1) is 10.7. The van der Waals surface area contributed by atoms with Gasteiger partial charge in [-0.05, 0) is 23.9 Å². The van der Waals surface area contributed by atoms with Crippen LogP contribution in [0.3, 0.4) is 0 Å². The summed E-state index contributed by atoms with van der Waals surface area (Å²) in [6, 6.07) is 9.24. The Morgan fingerprint density at radius 1 is 1.25 bits per heavy atom. The predicted molar refractivity (Wildman–Crippen MR) is 61.0 cm³/mol. The van der Waals surface area contributed by atoms with Gasteiger partial charge >= 0.3 is 0 Å². The maximum Gasteiger partial charge on any atom is 0.149 e. The summed E-state index contributed by atoms with van der Waals surface area (Å²) in [4.78, 5) is 14.8. The SMILES string of the molecule is [N-]=[N+]=N[C@@H]1CCC[C@H](c2ccccc2)C1=O. The smallest absolute Gasteiger partial charge is 0.149 e. The summed E-state index contributed by atoms with van der Waals surface area (Å²) in [5.74, 6) is -0.0271. The van der Waals surface area contributed by atoms with Crippen molar-refractivity contribution in [3.63, 3.8) is 0 Å². The highest BCUT2D eigenvalue weighted by molar-refractivity contribution is 5.91. The summed E-state index contributed by atoms with van der Waals surface area (Å²) in [6.45, 7) is 0. The van der Waals surface area contributed by atoms with E-state index in [1.165, 1.54) is 0 Å². The van der Waals surface area contributed by atoms with Gasteiger partial charge < -0.3 is 0 Å². The maximum absolute atomic E-state index is 12.1. The third kappa shape index (κ3) is 2.07. The fourth-order valence-electron chi connectivity index (χ4n) is 2.23. The summed E-state index contributed by atoms with van der Waals surface area (Å²) in [5.41, 5.74) is 9.43. The summed E-state index contributed by atoms with van der Waals surface area (Å²) >= 11 is 0. The van der Waals surface area contributed by atoms with Crippen molar-refractivity contribution in [1.29, 1.82) is 0 Å². The van der Waals surface area contributed by atoms with Crippen LogP contribution in [0.25, 0.3) is 10.4 Å². The van der Waals surface area contributed by atoms with E-state index < -0.39 is 6.04 Å². The average molecular weight is 215 g/mol. The molecule has 0 heterocycles. The van der Waals surface area contributed by atoms with Crippen molar-refractivity contribution in [1.82, 2.24) is 0 Å². The normalized spacial score (nSPS) is 24.9. The molecule has 1 aromatic carbocycles. The van der Waals surface area contributed by atoms with Crippen LogP contribution < -0.4 is 0 Å². The van der Waals surface area contributed by atoms with Crippen LogP contribution in [-0.2, 0) is 4.79 Å². The Balaban J connectivity index is 2.23. The van der Waals surface area contributed by atoms with Crippen LogP contribution in [0.1, 0.15) is 30.7 Å². The molecule has 1 saturated carbocycles. The summed E-state index contributed by atoms with van der Waals surface area (Å²) in [5, 5.41) is 3.57. The quantitative estimate of drug-likeness (QED) is 0.424. The van der Waals surface area contributed by atoms with E-state index in [4.69, 9.17) is 5.53 Å². The molecule has 0 amide bonds. The second-order valence-corrected chi connectivity index (χ2v) is 4.02. The second kappa shape index (κ2) is 4.81. The molecule has 4 heteroatoms. The molecule has 0 N–H and O–H groups in total. The number of carbonyl (C=O) groups excluding carboxylic acids is 1. The number of azide groups is 1. The van der Waals surface area contributed by atoms with E-state index in [0.29, 0.717) is 6.42 Å². The molecule has 0 aromatic heterocycles. The molecule has 2 atom stereocenters. The topological polar surface area (TPSA) is 65.8 Å². The van der Waals surface area contributed by atoms with Gasteiger partial charge in [0.15, 0.2) is 0 Å². The lowest BCUT2D eigenvalue weighted by Crippen LogP contribution is -2.29. The van der Waals surface area contributed by atoms with Crippen molar-refractivity contribution in [2.45, 2.75) is 31.2 Å². The van der Waals surface area contributed by atoms with Crippen molar-refractivity contribution in [2.24, 2.45) is 5.11 Å². The van der Waals surface area contributed by atoms with Crippen molar-refractivity contribution in [3.8, 4) is 0 Å². The zero-order chi connectivity index (χ0) is 11.4. The van der Waals surface area contributed by atoms with E-state index in [1.807, 2.05) is 30.3 Å². The Morgan fingerprint density at radius 3 is 2.69 bits per heavy atom. The highest BCUT2D eigenvalue weighted by atomic mass is 16.1. The number of carbonyl (C=O) groups is 1. The molecule has 1 aromatic rings. The third-order valence-electron chi connectivity index (χ3n) is 3.04. The number of hydrogen-bond acceptors (Lipinski definition) is 2. The van der Waals surface area contributed by atoms with Crippen LogP contribution in [0.4, 0.5) is 0 Å². The Bertz CT molecular complexity index is 423. The zero-order valence-electron chi connectivity index (χ0n) is 8.91. The molecule has 0 unspecified atom stereocenters. The van der Waals surface area contributed by atoms with Gasteiger partial charge in [0.25, 0.3) is 0 Å². The fraction of sp³-hybridized carbons (Fsp3) is 0.417.